The summed E-state index contributed by atoms with van der Waals surface area (Å²) in [6.07, 6.45) is 0.0270. The van der Waals surface area contributed by atoms with Gasteiger partial charge in [0, 0.05) is 17.7 Å². The van der Waals surface area contributed by atoms with Crippen LogP contribution in [-0.2, 0) is 4.79 Å². The van der Waals surface area contributed by atoms with Crippen LogP contribution in [0.4, 0.5) is 30.6 Å². The Balaban J connectivity index is 1.44. The van der Waals surface area contributed by atoms with Crippen molar-refractivity contribution in [3.63, 3.8) is 0 Å². The number of anilines is 2. The quantitative estimate of drug-likeness (QED) is 0.110. The number of nitrogens with one attached hydrogen (secondary N) is 1. The van der Waals surface area contributed by atoms with Crippen molar-refractivity contribution in [2.75, 3.05) is 29.3 Å². The number of nitrogens with two attached hydrogens (primary N) is 1. The van der Waals surface area contributed by atoms with Gasteiger partial charge in [0.25, 0.3) is 0 Å². The molecule has 1 fully saturated rings. The molecule has 0 saturated carbocycles. The minimum Gasteiger partial charge on any atom is -0.491 e. The predicted octanol–water partition coefficient (Wildman–Crippen LogP) is 6.28. The van der Waals surface area contributed by atoms with Crippen molar-refractivity contribution in [2.24, 2.45) is 20.7 Å². The molecule has 0 aliphatic carbocycles. The highest BCUT2D eigenvalue weighted by Crippen LogP contribution is 2.35. The van der Waals surface area contributed by atoms with Gasteiger partial charge < -0.3 is 20.5 Å². The molecule has 1 heterocycles. The molecule has 2 unspecified atom stereocenters. The number of aryl methyl sites for hydroxylation is 2. The van der Waals surface area contributed by atoms with Gasteiger partial charge in [0.15, 0.2) is 5.17 Å². The Labute approximate surface area is 260 Å². The van der Waals surface area contributed by atoms with Gasteiger partial charge in [0.2, 0.25) is 12.0 Å². The van der Waals surface area contributed by atoms with E-state index in [1.165, 1.54) is 11.2 Å². The average Bonchev–Trinajstić information content (AvgIpc) is 3.34. The van der Waals surface area contributed by atoms with E-state index < -0.39 is 18.8 Å². The Morgan fingerprint density at radius 3 is 2.66 bits per heavy atom. The van der Waals surface area contributed by atoms with Gasteiger partial charge in [0.1, 0.15) is 23.7 Å². The lowest BCUT2D eigenvalue weighted by Crippen LogP contribution is -2.31. The highest BCUT2D eigenvalue weighted by Gasteiger charge is 2.32. The molecule has 0 aromatic heterocycles. The molecule has 44 heavy (non-hydrogen) atoms. The first kappa shape index (κ1) is 32.6. The zero-order valence-electron chi connectivity index (χ0n) is 24.0. The average molecular weight is 641 g/mol. The van der Waals surface area contributed by atoms with E-state index in [0.717, 1.165) is 17.3 Å². The molecule has 3 aromatic rings. The molecule has 10 nitrogen and oxygen atoms in total. The van der Waals surface area contributed by atoms with Gasteiger partial charge in [-0.1, -0.05) is 27.1 Å². The van der Waals surface area contributed by atoms with E-state index >= 15 is 0 Å². The summed E-state index contributed by atoms with van der Waals surface area (Å²) in [5.74, 6) is 0.832. The van der Waals surface area contributed by atoms with Crippen molar-refractivity contribution >= 4 is 67.3 Å². The predicted molar refractivity (Wildman–Crippen MR) is 175 cm³/mol. The maximum absolute atomic E-state index is 12.9. The van der Waals surface area contributed by atoms with Crippen LogP contribution in [0, 0.1) is 13.8 Å². The van der Waals surface area contributed by atoms with Crippen molar-refractivity contribution in [2.45, 2.75) is 26.4 Å². The van der Waals surface area contributed by atoms with E-state index in [1.54, 1.807) is 61.5 Å². The van der Waals surface area contributed by atoms with E-state index in [1.807, 2.05) is 22.2 Å². The standard InChI is InChI=1S/C30H31F2N6O4PS/c1-18-4-11-25(41-13-3-12-31)24(14-18)38-26(39)16-44-30(38)37-29(40)36-23-10-5-20(15-19(23)2)27(33)35-17-34-21-6-8-22(9-7-21)42-28(32)43/h4-11,14-15,17,28H,3,12-13,16,43H2,1-2H3,(H,36,40)(H2,33,34,35)/b37-30-. The number of ether oxygens (including phenoxy) is 2. The number of benzene rings is 3. The first-order chi connectivity index (χ1) is 21.1. The highest BCUT2D eigenvalue weighted by molar-refractivity contribution is 8.15. The fourth-order valence-corrected chi connectivity index (χ4v) is 5.02. The molecule has 3 N–H and O–H groups in total. The number of halogens is 2. The second-order valence-electron chi connectivity index (χ2n) is 9.46. The van der Waals surface area contributed by atoms with Crippen LogP contribution in [0.1, 0.15) is 23.1 Å². The van der Waals surface area contributed by atoms with E-state index in [4.69, 9.17) is 15.2 Å². The third-order valence-corrected chi connectivity index (χ3v) is 7.17. The van der Waals surface area contributed by atoms with Crippen molar-refractivity contribution in [3.8, 4) is 11.5 Å². The van der Waals surface area contributed by atoms with Crippen LogP contribution in [0.15, 0.2) is 75.6 Å². The zero-order valence-corrected chi connectivity index (χ0v) is 26.0. The monoisotopic (exact) mass is 640 g/mol. The van der Waals surface area contributed by atoms with Crippen LogP contribution in [0.25, 0.3) is 0 Å². The maximum Gasteiger partial charge on any atom is 0.347 e. The summed E-state index contributed by atoms with van der Waals surface area (Å²) >= 11 is 1.14. The van der Waals surface area contributed by atoms with E-state index in [-0.39, 0.29) is 35.7 Å². The molecule has 0 bridgehead atoms. The van der Waals surface area contributed by atoms with Crippen molar-refractivity contribution in [1.82, 2.24) is 0 Å². The normalized spacial score (nSPS) is 15.2. The number of hydrogen-bond acceptors (Lipinski definition) is 6. The number of urea groups is 1. The van der Waals surface area contributed by atoms with Gasteiger partial charge in [-0.05, 0) is 79.6 Å². The molecule has 0 radical (unpaired) electrons. The second kappa shape index (κ2) is 15.4. The van der Waals surface area contributed by atoms with Crippen LogP contribution < -0.4 is 25.4 Å². The first-order valence-corrected chi connectivity index (χ1v) is 15.1. The molecule has 4 rings (SSSR count). The molecule has 2 atom stereocenters. The molecule has 0 spiro atoms. The topological polar surface area (TPSA) is 131 Å². The summed E-state index contributed by atoms with van der Waals surface area (Å²) in [5.41, 5.74) is 9.84. The van der Waals surface area contributed by atoms with Gasteiger partial charge in [0.05, 0.1) is 30.4 Å². The number of nitrogens with zero attached hydrogens (tertiary/aromatic N) is 4. The molecule has 1 aliphatic rings. The van der Waals surface area contributed by atoms with E-state index in [9.17, 15) is 18.4 Å². The fraction of sp³-hybridized carbons (Fsp3) is 0.233. The molecule has 230 valence electrons. The number of thioether (sulfide) groups is 1. The van der Waals surface area contributed by atoms with E-state index in [0.29, 0.717) is 39.7 Å². The van der Waals surface area contributed by atoms with Gasteiger partial charge in [-0.3, -0.25) is 14.1 Å². The van der Waals surface area contributed by atoms with Crippen LogP contribution in [0.5, 0.6) is 11.5 Å². The Hall–Kier alpha value is -4.35. The summed E-state index contributed by atoms with van der Waals surface area (Å²) in [5, 5.41) is 2.95. The molecule has 3 aromatic carbocycles. The van der Waals surface area contributed by atoms with Gasteiger partial charge >= 0.3 is 6.03 Å². The fourth-order valence-electron chi connectivity index (χ4n) is 4.01. The summed E-state index contributed by atoms with van der Waals surface area (Å²) in [6, 6.07) is 16.2. The van der Waals surface area contributed by atoms with E-state index in [2.05, 4.69) is 20.3 Å². The first-order valence-electron chi connectivity index (χ1n) is 13.4. The number of carbonyl (C=O) groups excluding carboxylic acids is 2. The summed E-state index contributed by atoms with van der Waals surface area (Å²) in [4.78, 5) is 39.6. The zero-order chi connectivity index (χ0) is 31.6. The Kier molecular flexibility index (Phi) is 11.4. The van der Waals surface area contributed by atoms with Crippen molar-refractivity contribution in [3.05, 3.63) is 77.4 Å². The Morgan fingerprint density at radius 2 is 1.95 bits per heavy atom. The number of rotatable bonds is 11. The second-order valence-corrected chi connectivity index (χ2v) is 10.9. The molecule has 3 amide bonds. The maximum atomic E-state index is 12.9. The lowest BCUT2D eigenvalue weighted by Gasteiger charge is -2.20. The van der Waals surface area contributed by atoms with Gasteiger partial charge in [-0.15, -0.1) is 0 Å². The third kappa shape index (κ3) is 8.84. The summed E-state index contributed by atoms with van der Waals surface area (Å²) in [6.45, 7) is 3.29. The molecular weight excluding hydrogens is 609 g/mol. The minimum absolute atomic E-state index is 0.108. The number of carbonyl (C=O) groups is 2. The lowest BCUT2D eigenvalue weighted by molar-refractivity contribution is -0.115. The minimum atomic E-state index is -1.49. The molecule has 1 aliphatic heterocycles. The third-order valence-electron chi connectivity index (χ3n) is 6.11. The number of amides is 3. The number of aliphatic imine (C=N–C) groups is 3. The van der Waals surface area contributed by atoms with Gasteiger partial charge in [-0.25, -0.2) is 14.8 Å². The summed E-state index contributed by atoms with van der Waals surface area (Å²) < 4.78 is 36.2. The largest absolute Gasteiger partial charge is 0.491 e. The Bertz CT molecular complexity index is 1600. The molecule has 14 heteroatoms. The van der Waals surface area contributed by atoms with Crippen molar-refractivity contribution in [1.29, 1.82) is 0 Å². The van der Waals surface area contributed by atoms with Crippen LogP contribution in [0.2, 0.25) is 0 Å². The highest BCUT2D eigenvalue weighted by atomic mass is 32.2. The van der Waals surface area contributed by atoms with Crippen molar-refractivity contribution < 1.29 is 27.8 Å². The number of hydrogen-bond donors (Lipinski definition) is 2. The van der Waals surface area contributed by atoms with Crippen LogP contribution >= 0.6 is 21.0 Å². The molecular formula is C30H31F2N6O4PS. The SMILES string of the molecule is Cc1ccc(OCCCF)c(N2C(=O)CS/C2=N\C(=O)Nc2ccc(C(N)=NC=Nc3ccc(OC(F)P)cc3)cc2C)c1. The van der Waals surface area contributed by atoms with Crippen LogP contribution in [-0.4, -0.2) is 54.4 Å². The van der Waals surface area contributed by atoms with Crippen LogP contribution in [0.3, 0.4) is 0 Å². The Morgan fingerprint density at radius 1 is 1.18 bits per heavy atom. The number of amidine groups is 2. The lowest BCUT2D eigenvalue weighted by atomic mass is 10.1. The molecule has 1 saturated heterocycles. The number of alkyl halides is 2. The summed E-state index contributed by atoms with van der Waals surface area (Å²) in [7, 11) is 1.91. The smallest absolute Gasteiger partial charge is 0.347 e. The van der Waals surface area contributed by atoms with Gasteiger partial charge in [-0.2, -0.15) is 9.38 Å².